The molecule has 7 heteroatoms. The molecule has 3 aromatic rings. The first-order valence-electron chi connectivity index (χ1n) is 9.27. The third-order valence-electron chi connectivity index (χ3n) is 4.39. The summed E-state index contributed by atoms with van der Waals surface area (Å²) in [6, 6.07) is 15.4. The van der Waals surface area contributed by atoms with Gasteiger partial charge in [-0.25, -0.2) is 0 Å². The van der Waals surface area contributed by atoms with Gasteiger partial charge in [-0.2, -0.15) is 0 Å². The van der Waals surface area contributed by atoms with Crippen molar-refractivity contribution in [1.29, 1.82) is 0 Å². The fourth-order valence-corrected chi connectivity index (χ4v) is 4.06. The van der Waals surface area contributed by atoms with E-state index in [-0.39, 0.29) is 17.7 Å². The average Bonchev–Trinajstić information content (AvgIpc) is 3.09. The lowest BCUT2D eigenvalue weighted by Gasteiger charge is -2.15. The Bertz CT molecular complexity index is 1020. The van der Waals surface area contributed by atoms with Crippen LogP contribution in [0, 0.1) is 6.92 Å². The first-order chi connectivity index (χ1) is 14.0. The molecule has 1 N–H and O–H groups in total. The van der Waals surface area contributed by atoms with Gasteiger partial charge in [0.15, 0.2) is 11.0 Å². The number of hydrogen-bond donors (Lipinski definition) is 1. The molecule has 1 amide bonds. The van der Waals surface area contributed by atoms with Crippen molar-refractivity contribution in [1.82, 2.24) is 20.1 Å². The molecule has 0 aliphatic rings. The third kappa shape index (κ3) is 5.28. The summed E-state index contributed by atoms with van der Waals surface area (Å²) in [5, 5.41) is 12.9. The summed E-state index contributed by atoms with van der Waals surface area (Å²) in [5.74, 6) is 0.909. The van der Waals surface area contributed by atoms with Crippen LogP contribution in [-0.2, 0) is 11.3 Å². The fraction of sp³-hybridized carbons (Fsp3) is 0.227. The van der Waals surface area contributed by atoms with Crippen LogP contribution in [0.2, 0.25) is 5.02 Å². The summed E-state index contributed by atoms with van der Waals surface area (Å²) in [6.45, 7) is 8.35. The number of thioether (sulfide) groups is 1. The molecular weight excluding hydrogens is 404 g/mol. The Kier molecular flexibility index (Phi) is 7.12. The maximum atomic E-state index is 12.4. The zero-order valence-electron chi connectivity index (χ0n) is 16.4. The van der Waals surface area contributed by atoms with Crippen LogP contribution in [0.1, 0.15) is 24.1 Å². The minimum absolute atomic E-state index is 0.0901. The van der Waals surface area contributed by atoms with Crippen molar-refractivity contribution in [2.45, 2.75) is 31.6 Å². The number of halogens is 1. The number of nitrogens with zero attached hydrogens (tertiary/aromatic N) is 3. The molecule has 1 atom stereocenters. The molecule has 0 aliphatic carbocycles. The number of hydrogen-bond acceptors (Lipinski definition) is 4. The van der Waals surface area contributed by atoms with Crippen LogP contribution in [0.3, 0.4) is 0 Å². The van der Waals surface area contributed by atoms with Gasteiger partial charge in [0, 0.05) is 17.1 Å². The topological polar surface area (TPSA) is 59.8 Å². The van der Waals surface area contributed by atoms with E-state index in [1.54, 1.807) is 6.08 Å². The summed E-state index contributed by atoms with van der Waals surface area (Å²) in [7, 11) is 0. The lowest BCUT2D eigenvalue weighted by molar-refractivity contribution is -0.119. The molecule has 1 heterocycles. The Balaban J connectivity index is 1.69. The molecule has 5 nitrogen and oxygen atoms in total. The van der Waals surface area contributed by atoms with Crippen LogP contribution < -0.4 is 5.32 Å². The highest BCUT2D eigenvalue weighted by Gasteiger charge is 2.17. The quantitative estimate of drug-likeness (QED) is 0.404. The third-order valence-corrected chi connectivity index (χ3v) is 5.70. The number of aryl methyl sites for hydroxylation is 1. The van der Waals surface area contributed by atoms with Crippen molar-refractivity contribution in [2.24, 2.45) is 0 Å². The molecule has 0 aliphatic heterocycles. The van der Waals surface area contributed by atoms with E-state index in [1.807, 2.05) is 60.9 Å². The van der Waals surface area contributed by atoms with Gasteiger partial charge in [0.05, 0.1) is 11.8 Å². The lowest BCUT2D eigenvalue weighted by Crippen LogP contribution is -2.28. The molecular formula is C22H23ClN4OS. The zero-order valence-corrected chi connectivity index (χ0v) is 18.0. The molecule has 2 aromatic carbocycles. The second-order valence-corrected chi connectivity index (χ2v) is 8.02. The van der Waals surface area contributed by atoms with Crippen molar-refractivity contribution < 1.29 is 4.79 Å². The standard InChI is InChI=1S/C22H23ClN4OS/c1-4-12-27-21(17-9-7-8-15(2)13-17)25-26-22(27)29-14-20(28)24-16(3)18-10-5-6-11-19(18)23/h4-11,13,16H,1,12,14H2,2-3H3,(H,24,28). The van der Waals surface area contributed by atoms with Gasteiger partial charge in [-0.05, 0) is 31.5 Å². The Morgan fingerprint density at radius 2 is 2.07 bits per heavy atom. The Hall–Kier alpha value is -2.57. The lowest BCUT2D eigenvalue weighted by atomic mass is 10.1. The number of nitrogens with one attached hydrogen (secondary N) is 1. The second kappa shape index (κ2) is 9.76. The van der Waals surface area contributed by atoms with Gasteiger partial charge in [-0.3, -0.25) is 9.36 Å². The maximum Gasteiger partial charge on any atom is 0.230 e. The molecule has 1 aromatic heterocycles. The number of amides is 1. The van der Waals surface area contributed by atoms with Crippen molar-refractivity contribution in [3.63, 3.8) is 0 Å². The highest BCUT2D eigenvalue weighted by atomic mass is 35.5. The molecule has 0 bridgehead atoms. The highest BCUT2D eigenvalue weighted by Crippen LogP contribution is 2.25. The van der Waals surface area contributed by atoms with Crippen LogP contribution >= 0.6 is 23.4 Å². The highest BCUT2D eigenvalue weighted by molar-refractivity contribution is 7.99. The smallest absolute Gasteiger partial charge is 0.230 e. The summed E-state index contributed by atoms with van der Waals surface area (Å²) in [4.78, 5) is 12.4. The second-order valence-electron chi connectivity index (χ2n) is 6.67. The fourth-order valence-electron chi connectivity index (χ4n) is 3.00. The Morgan fingerprint density at radius 1 is 1.28 bits per heavy atom. The number of aromatic nitrogens is 3. The van der Waals surface area contributed by atoms with Crippen LogP contribution in [0.5, 0.6) is 0 Å². The SMILES string of the molecule is C=CCn1c(SCC(=O)NC(C)c2ccccc2Cl)nnc1-c1cccc(C)c1. The van der Waals surface area contributed by atoms with Crippen molar-refractivity contribution in [2.75, 3.05) is 5.75 Å². The molecule has 3 rings (SSSR count). The first-order valence-corrected chi connectivity index (χ1v) is 10.6. The van der Waals surface area contributed by atoms with Gasteiger partial charge in [-0.1, -0.05) is 71.4 Å². The van der Waals surface area contributed by atoms with E-state index >= 15 is 0 Å². The van der Waals surface area contributed by atoms with Crippen LogP contribution in [0.15, 0.2) is 66.3 Å². The van der Waals surface area contributed by atoms with Gasteiger partial charge in [0.1, 0.15) is 0 Å². The number of carbonyl (C=O) groups excluding carboxylic acids is 1. The zero-order chi connectivity index (χ0) is 20.8. The molecule has 0 fully saturated rings. The van der Waals surface area contributed by atoms with Crippen LogP contribution in [0.25, 0.3) is 11.4 Å². The van der Waals surface area contributed by atoms with Crippen molar-refractivity contribution in [3.8, 4) is 11.4 Å². The molecule has 0 radical (unpaired) electrons. The number of allylic oxidation sites excluding steroid dienone is 1. The Labute approximate surface area is 180 Å². The van der Waals surface area contributed by atoms with E-state index < -0.39 is 0 Å². The molecule has 0 spiro atoms. The first kappa shape index (κ1) is 21.1. The van der Waals surface area contributed by atoms with E-state index in [9.17, 15) is 4.79 Å². The van der Waals surface area contributed by atoms with E-state index in [2.05, 4.69) is 28.2 Å². The number of benzene rings is 2. The van der Waals surface area contributed by atoms with Crippen LogP contribution in [0.4, 0.5) is 0 Å². The normalized spacial score (nSPS) is 11.8. The maximum absolute atomic E-state index is 12.4. The summed E-state index contributed by atoms with van der Waals surface area (Å²) >= 11 is 7.57. The minimum Gasteiger partial charge on any atom is -0.349 e. The monoisotopic (exact) mass is 426 g/mol. The molecule has 0 saturated heterocycles. The molecule has 150 valence electrons. The van der Waals surface area contributed by atoms with Gasteiger partial charge in [-0.15, -0.1) is 16.8 Å². The minimum atomic E-state index is -0.175. The Morgan fingerprint density at radius 3 is 2.79 bits per heavy atom. The average molecular weight is 427 g/mol. The van der Waals surface area contributed by atoms with Gasteiger partial charge in [0.25, 0.3) is 0 Å². The van der Waals surface area contributed by atoms with Gasteiger partial charge >= 0.3 is 0 Å². The summed E-state index contributed by atoms with van der Waals surface area (Å²) in [5.41, 5.74) is 3.03. The van der Waals surface area contributed by atoms with Crippen LogP contribution in [-0.4, -0.2) is 26.4 Å². The molecule has 1 unspecified atom stereocenters. The van der Waals surface area contributed by atoms with E-state index in [0.29, 0.717) is 16.7 Å². The summed E-state index contributed by atoms with van der Waals surface area (Å²) < 4.78 is 1.97. The van der Waals surface area contributed by atoms with Crippen molar-refractivity contribution in [3.05, 3.63) is 77.3 Å². The molecule has 29 heavy (non-hydrogen) atoms. The number of carbonyl (C=O) groups is 1. The molecule has 0 saturated carbocycles. The van der Waals surface area contributed by atoms with E-state index in [1.165, 1.54) is 11.8 Å². The van der Waals surface area contributed by atoms with Gasteiger partial charge in [0.2, 0.25) is 5.91 Å². The predicted molar refractivity (Wildman–Crippen MR) is 119 cm³/mol. The van der Waals surface area contributed by atoms with Gasteiger partial charge < -0.3 is 5.32 Å². The summed E-state index contributed by atoms with van der Waals surface area (Å²) in [6.07, 6.45) is 1.80. The number of rotatable bonds is 8. The van der Waals surface area contributed by atoms with E-state index in [0.717, 1.165) is 22.5 Å². The van der Waals surface area contributed by atoms with Crippen molar-refractivity contribution >= 4 is 29.3 Å². The largest absolute Gasteiger partial charge is 0.349 e. The van der Waals surface area contributed by atoms with E-state index in [4.69, 9.17) is 11.6 Å². The predicted octanol–water partition coefficient (Wildman–Crippen LogP) is 5.06.